The van der Waals surface area contributed by atoms with E-state index in [1.807, 2.05) is 0 Å². The third kappa shape index (κ3) is 21.6. The first kappa shape index (κ1) is 47.4. The molecule has 0 aliphatic carbocycles. The Labute approximate surface area is 307 Å². The lowest BCUT2D eigenvalue weighted by molar-refractivity contribution is -0.303. The van der Waals surface area contributed by atoms with E-state index < -0.39 is 74.2 Å². The first-order chi connectivity index (χ1) is 24.7. The second kappa shape index (κ2) is 30.8. The topological polar surface area (TPSA) is 189 Å². The van der Waals surface area contributed by atoms with Crippen LogP contribution in [0, 0.1) is 0 Å². The van der Waals surface area contributed by atoms with Gasteiger partial charge in [-0.25, -0.2) is 0 Å². The van der Waals surface area contributed by atoms with Crippen LogP contribution in [-0.4, -0.2) is 110 Å². The summed E-state index contributed by atoms with van der Waals surface area (Å²) in [6.45, 7) is 3.31. The van der Waals surface area contributed by atoms with E-state index in [2.05, 4.69) is 55.6 Å². The molecule has 9 unspecified atom stereocenters. The molecule has 1 aliphatic heterocycles. The van der Waals surface area contributed by atoms with Gasteiger partial charge in [0.05, 0.1) is 25.4 Å². The van der Waals surface area contributed by atoms with Crippen molar-refractivity contribution in [3.05, 3.63) is 36.5 Å². The van der Waals surface area contributed by atoms with Gasteiger partial charge in [0.2, 0.25) is 5.91 Å². The SMILES string of the molecule is CCCCC/C=C\CCCCCCC(O)C(=O)NC(COC1OC(CO)C(O)C(O)C1O)C(O)C(O)CCC/C=C/CC/C=C/CCCCCC. The van der Waals surface area contributed by atoms with E-state index in [0.29, 0.717) is 19.3 Å². The van der Waals surface area contributed by atoms with Crippen LogP contribution in [0.5, 0.6) is 0 Å². The molecule has 0 aromatic rings. The number of aliphatic hydroxyl groups excluding tert-OH is 7. The molecule has 298 valence electrons. The van der Waals surface area contributed by atoms with Gasteiger partial charge in [-0.1, -0.05) is 102 Å². The summed E-state index contributed by atoms with van der Waals surface area (Å²) >= 11 is 0. The Hall–Kier alpha value is -1.67. The van der Waals surface area contributed by atoms with Gasteiger partial charge in [0.1, 0.15) is 36.6 Å². The number of hydrogen-bond acceptors (Lipinski definition) is 10. The molecule has 1 heterocycles. The lowest BCUT2D eigenvalue weighted by Gasteiger charge is -2.40. The largest absolute Gasteiger partial charge is 0.394 e. The standard InChI is InChI=1S/C40H73NO10/c1-3-5-7-9-11-13-15-16-18-19-21-23-25-27-32(43)35(45)31(30-50-40-38(48)37(47)36(46)34(29-42)51-40)41-39(49)33(44)28-26-24-22-20-17-14-12-10-8-6-4-2/h12-15,19,21,31-38,40,42-48H,3-11,16-18,20,22-30H2,1-2H3,(H,41,49)/b14-12-,15-13+,21-19+. The number of amides is 1. The molecule has 9 atom stereocenters. The maximum Gasteiger partial charge on any atom is 0.249 e. The summed E-state index contributed by atoms with van der Waals surface area (Å²) < 4.78 is 11.0. The van der Waals surface area contributed by atoms with Gasteiger partial charge in [0.15, 0.2) is 6.29 Å². The molecule has 0 radical (unpaired) electrons. The summed E-state index contributed by atoms with van der Waals surface area (Å²) in [4.78, 5) is 13.0. The fourth-order valence-corrected chi connectivity index (χ4v) is 5.98. The van der Waals surface area contributed by atoms with Gasteiger partial charge in [-0.15, -0.1) is 0 Å². The number of allylic oxidation sites excluding steroid dienone is 6. The summed E-state index contributed by atoms with van der Waals surface area (Å²) in [7, 11) is 0. The molecule has 1 aliphatic rings. The minimum atomic E-state index is -1.67. The lowest BCUT2D eigenvalue weighted by Crippen LogP contribution is -2.60. The number of nitrogens with one attached hydrogen (secondary N) is 1. The molecule has 1 saturated heterocycles. The zero-order valence-electron chi connectivity index (χ0n) is 31.6. The number of rotatable bonds is 31. The highest BCUT2D eigenvalue weighted by Crippen LogP contribution is 2.23. The average molecular weight is 728 g/mol. The number of carbonyl (C=O) groups is 1. The van der Waals surface area contributed by atoms with E-state index >= 15 is 0 Å². The van der Waals surface area contributed by atoms with Gasteiger partial charge in [-0.2, -0.15) is 0 Å². The fourth-order valence-electron chi connectivity index (χ4n) is 5.98. The lowest BCUT2D eigenvalue weighted by atomic mass is 9.98. The molecule has 1 amide bonds. The van der Waals surface area contributed by atoms with E-state index in [4.69, 9.17) is 9.47 Å². The minimum Gasteiger partial charge on any atom is -0.394 e. The van der Waals surface area contributed by atoms with Gasteiger partial charge in [0.25, 0.3) is 0 Å². The van der Waals surface area contributed by atoms with Crippen molar-refractivity contribution in [2.45, 2.75) is 197 Å². The summed E-state index contributed by atoms with van der Waals surface area (Å²) in [5.74, 6) is -0.725. The highest BCUT2D eigenvalue weighted by molar-refractivity contribution is 5.80. The van der Waals surface area contributed by atoms with Crippen molar-refractivity contribution in [1.82, 2.24) is 5.32 Å². The summed E-state index contributed by atoms with van der Waals surface area (Å²) in [6, 6.07) is -1.19. The van der Waals surface area contributed by atoms with E-state index in [1.165, 1.54) is 44.9 Å². The Bertz CT molecular complexity index is 929. The highest BCUT2D eigenvalue weighted by atomic mass is 16.7. The molecule has 11 nitrogen and oxygen atoms in total. The summed E-state index contributed by atoms with van der Waals surface area (Å²) in [5, 5.41) is 75.1. The number of carbonyl (C=O) groups excluding carboxylic acids is 1. The van der Waals surface area contributed by atoms with Crippen molar-refractivity contribution in [3.63, 3.8) is 0 Å². The third-order valence-electron chi connectivity index (χ3n) is 9.39. The van der Waals surface area contributed by atoms with Crippen molar-refractivity contribution in [2.24, 2.45) is 0 Å². The summed E-state index contributed by atoms with van der Waals surface area (Å²) in [5.41, 5.74) is 0. The van der Waals surface area contributed by atoms with Crippen LogP contribution in [0.2, 0.25) is 0 Å². The Morgan fingerprint density at radius 2 is 1.18 bits per heavy atom. The van der Waals surface area contributed by atoms with Crippen molar-refractivity contribution in [1.29, 1.82) is 0 Å². The quantitative estimate of drug-likeness (QED) is 0.0361. The minimum absolute atomic E-state index is 0.235. The molecule has 1 fully saturated rings. The first-order valence-corrected chi connectivity index (χ1v) is 19.9. The van der Waals surface area contributed by atoms with Crippen LogP contribution in [0.15, 0.2) is 36.5 Å². The predicted octanol–water partition coefficient (Wildman–Crippen LogP) is 4.88. The van der Waals surface area contributed by atoms with E-state index in [-0.39, 0.29) is 12.8 Å². The molecular weight excluding hydrogens is 654 g/mol. The molecule has 0 aromatic carbocycles. The number of hydrogen-bond donors (Lipinski definition) is 8. The van der Waals surface area contributed by atoms with Crippen molar-refractivity contribution in [2.75, 3.05) is 13.2 Å². The van der Waals surface area contributed by atoms with Crippen LogP contribution < -0.4 is 5.32 Å². The number of aliphatic hydroxyl groups is 7. The molecule has 1 rings (SSSR count). The van der Waals surface area contributed by atoms with Gasteiger partial charge >= 0.3 is 0 Å². The number of ether oxygens (including phenoxy) is 2. The van der Waals surface area contributed by atoms with Crippen molar-refractivity contribution in [3.8, 4) is 0 Å². The van der Waals surface area contributed by atoms with Crippen molar-refractivity contribution < 1.29 is 50.0 Å². The normalized spacial score (nSPS) is 23.7. The van der Waals surface area contributed by atoms with E-state index in [1.54, 1.807) is 0 Å². The molecule has 11 heteroatoms. The van der Waals surface area contributed by atoms with Crippen LogP contribution in [0.1, 0.15) is 142 Å². The van der Waals surface area contributed by atoms with Crippen LogP contribution in [-0.2, 0) is 14.3 Å². The average Bonchev–Trinajstić information content (AvgIpc) is 3.13. The smallest absolute Gasteiger partial charge is 0.249 e. The Morgan fingerprint density at radius 1 is 0.667 bits per heavy atom. The van der Waals surface area contributed by atoms with Crippen LogP contribution in [0.3, 0.4) is 0 Å². The van der Waals surface area contributed by atoms with Crippen LogP contribution >= 0.6 is 0 Å². The monoisotopic (exact) mass is 728 g/mol. The van der Waals surface area contributed by atoms with E-state index in [0.717, 1.165) is 51.4 Å². The molecule has 0 spiro atoms. The van der Waals surface area contributed by atoms with Gasteiger partial charge in [-0.3, -0.25) is 4.79 Å². The third-order valence-corrected chi connectivity index (χ3v) is 9.39. The zero-order chi connectivity index (χ0) is 37.7. The van der Waals surface area contributed by atoms with Gasteiger partial charge in [0, 0.05) is 0 Å². The zero-order valence-corrected chi connectivity index (χ0v) is 31.6. The molecule has 0 bridgehead atoms. The molecule has 51 heavy (non-hydrogen) atoms. The summed E-state index contributed by atoms with van der Waals surface area (Å²) in [6.07, 6.45) is 20.7. The Morgan fingerprint density at radius 3 is 1.76 bits per heavy atom. The van der Waals surface area contributed by atoms with Gasteiger partial charge in [-0.05, 0) is 77.0 Å². The molecular formula is C40H73NO10. The van der Waals surface area contributed by atoms with Crippen molar-refractivity contribution >= 4 is 5.91 Å². The second-order valence-electron chi connectivity index (χ2n) is 14.0. The van der Waals surface area contributed by atoms with Crippen LogP contribution in [0.4, 0.5) is 0 Å². The van der Waals surface area contributed by atoms with Crippen LogP contribution in [0.25, 0.3) is 0 Å². The van der Waals surface area contributed by atoms with E-state index in [9.17, 15) is 40.5 Å². The molecule has 0 saturated carbocycles. The molecule has 8 N–H and O–H groups in total. The fraction of sp³-hybridized carbons (Fsp3) is 0.825. The predicted molar refractivity (Wildman–Crippen MR) is 201 cm³/mol. The second-order valence-corrected chi connectivity index (χ2v) is 14.0. The number of unbranched alkanes of at least 4 members (excludes halogenated alkanes) is 13. The first-order valence-electron chi connectivity index (χ1n) is 19.9. The Balaban J connectivity index is 2.61. The maximum atomic E-state index is 13.0. The Kier molecular flexibility index (Phi) is 28.6. The molecule has 0 aromatic heterocycles. The maximum absolute atomic E-state index is 13.0. The highest BCUT2D eigenvalue weighted by Gasteiger charge is 2.44. The van der Waals surface area contributed by atoms with Gasteiger partial charge < -0.3 is 50.5 Å².